The van der Waals surface area contributed by atoms with Crippen LogP contribution >= 0.6 is 34.7 Å². The van der Waals surface area contributed by atoms with Crippen LogP contribution in [0, 0.1) is 5.92 Å². The summed E-state index contributed by atoms with van der Waals surface area (Å²) in [6.45, 7) is 0.666. The Kier molecular flexibility index (Phi) is 7.85. The van der Waals surface area contributed by atoms with E-state index >= 15 is 0 Å². The van der Waals surface area contributed by atoms with Crippen molar-refractivity contribution in [3.63, 3.8) is 0 Å². The second-order valence-corrected chi connectivity index (χ2v) is 9.70. The molecule has 1 atom stereocenters. The van der Waals surface area contributed by atoms with E-state index < -0.39 is 5.97 Å². The molecule has 1 unspecified atom stereocenters. The molecule has 1 fully saturated rings. The molecule has 0 spiro atoms. The largest absolute Gasteiger partial charge is 0.496 e. The molecule has 0 radical (unpaired) electrons. The molecule has 158 valence electrons. The standard InChI is InChI=1S/C19H24ClN3O4S2/c1-27-15-7-6-13(8-14(15)20)23(10-12-4-2-3-5-12)19(26)22-18-21-9-17(29-18)28-11-16(24)25/h7-9,12-13H,2-6,10-11H2,1H3,(H,24,25)(H,21,22,26). The van der Waals surface area contributed by atoms with E-state index in [0.717, 1.165) is 17.1 Å². The predicted octanol–water partition coefficient (Wildman–Crippen LogP) is 4.77. The molecule has 2 aliphatic rings. The number of aliphatic carboxylic acids is 1. The van der Waals surface area contributed by atoms with Gasteiger partial charge in [-0.15, -0.1) is 11.8 Å². The number of carbonyl (C=O) groups excluding carboxylic acids is 1. The van der Waals surface area contributed by atoms with Gasteiger partial charge in [-0.1, -0.05) is 35.8 Å². The van der Waals surface area contributed by atoms with Crippen LogP contribution in [-0.2, 0) is 9.53 Å². The van der Waals surface area contributed by atoms with Gasteiger partial charge < -0.3 is 14.7 Å². The number of amides is 2. The summed E-state index contributed by atoms with van der Waals surface area (Å²) >= 11 is 8.77. The smallest absolute Gasteiger partial charge is 0.324 e. The predicted molar refractivity (Wildman–Crippen MR) is 116 cm³/mol. The highest BCUT2D eigenvalue weighted by atomic mass is 35.5. The Balaban J connectivity index is 1.69. The van der Waals surface area contributed by atoms with Gasteiger partial charge >= 0.3 is 12.0 Å². The molecule has 2 aliphatic carbocycles. The molecule has 2 N–H and O–H groups in total. The number of hydrogen-bond acceptors (Lipinski definition) is 6. The van der Waals surface area contributed by atoms with Crippen molar-refractivity contribution in [2.24, 2.45) is 5.92 Å². The van der Waals surface area contributed by atoms with Gasteiger partial charge in [-0.25, -0.2) is 9.78 Å². The lowest BCUT2D eigenvalue weighted by Crippen LogP contribution is -2.45. The van der Waals surface area contributed by atoms with Crippen molar-refractivity contribution in [3.8, 4) is 0 Å². The molecule has 1 aromatic heterocycles. The molecule has 10 heteroatoms. The zero-order valence-electron chi connectivity index (χ0n) is 16.1. The summed E-state index contributed by atoms with van der Waals surface area (Å²) in [4.78, 5) is 29.8. The van der Waals surface area contributed by atoms with Crippen molar-refractivity contribution in [2.75, 3.05) is 24.7 Å². The summed E-state index contributed by atoms with van der Waals surface area (Å²) in [5.41, 5.74) is 0. The lowest BCUT2D eigenvalue weighted by atomic mass is 10.0. The number of nitrogens with one attached hydrogen (secondary N) is 1. The number of ether oxygens (including phenoxy) is 1. The molecule has 2 amide bonds. The van der Waals surface area contributed by atoms with E-state index in [1.807, 2.05) is 17.1 Å². The van der Waals surface area contributed by atoms with E-state index in [1.54, 1.807) is 13.3 Å². The zero-order chi connectivity index (χ0) is 20.8. The van der Waals surface area contributed by atoms with Gasteiger partial charge in [0, 0.05) is 6.54 Å². The maximum atomic E-state index is 13.1. The second kappa shape index (κ2) is 10.4. The number of halogens is 1. The number of thiazole rings is 1. The third-order valence-electron chi connectivity index (χ3n) is 4.97. The van der Waals surface area contributed by atoms with Gasteiger partial charge in [0.15, 0.2) is 5.13 Å². The molecule has 0 aromatic carbocycles. The van der Waals surface area contributed by atoms with Crippen molar-refractivity contribution in [2.45, 2.75) is 42.4 Å². The van der Waals surface area contributed by atoms with Crippen LogP contribution in [0.3, 0.4) is 0 Å². The van der Waals surface area contributed by atoms with E-state index in [9.17, 15) is 9.59 Å². The number of carbonyl (C=O) groups is 2. The normalized spacial score (nSPS) is 19.4. The van der Waals surface area contributed by atoms with Crippen molar-refractivity contribution in [3.05, 3.63) is 29.1 Å². The van der Waals surface area contributed by atoms with Crippen molar-refractivity contribution < 1.29 is 19.4 Å². The fraction of sp³-hybridized carbons (Fsp3) is 0.526. The Morgan fingerprint density at radius 2 is 2.21 bits per heavy atom. The summed E-state index contributed by atoms with van der Waals surface area (Å²) < 4.78 is 6.00. The number of methoxy groups -OCH3 is 1. The van der Waals surface area contributed by atoms with E-state index in [-0.39, 0.29) is 17.8 Å². The minimum atomic E-state index is -0.888. The maximum Gasteiger partial charge on any atom is 0.324 e. The number of nitrogens with zero attached hydrogens (tertiary/aromatic N) is 2. The van der Waals surface area contributed by atoms with Crippen LogP contribution in [0.4, 0.5) is 9.93 Å². The molecule has 3 rings (SSSR count). The summed E-state index contributed by atoms with van der Waals surface area (Å²) in [5, 5.41) is 12.6. The second-order valence-electron chi connectivity index (χ2n) is 6.99. The molecule has 0 saturated heterocycles. The van der Waals surface area contributed by atoms with Crippen LogP contribution in [0.1, 0.15) is 32.1 Å². The third kappa shape index (κ3) is 6.13. The molecule has 0 bridgehead atoms. The minimum Gasteiger partial charge on any atom is -0.496 e. The number of rotatable bonds is 8. The topological polar surface area (TPSA) is 91.8 Å². The van der Waals surface area contributed by atoms with Gasteiger partial charge in [-0.05, 0) is 37.3 Å². The molecule has 1 saturated carbocycles. The Morgan fingerprint density at radius 1 is 1.45 bits per heavy atom. The summed E-state index contributed by atoms with van der Waals surface area (Å²) in [7, 11) is 1.58. The molecule has 1 heterocycles. The van der Waals surface area contributed by atoms with Gasteiger partial charge in [-0.2, -0.15) is 0 Å². The minimum absolute atomic E-state index is 0.0388. The number of thioether (sulfide) groups is 1. The molecule has 29 heavy (non-hydrogen) atoms. The molecular weight excluding hydrogens is 434 g/mol. The zero-order valence-corrected chi connectivity index (χ0v) is 18.5. The Labute approximate surface area is 183 Å². The van der Waals surface area contributed by atoms with Gasteiger partial charge in [0.05, 0.1) is 34.3 Å². The van der Waals surface area contributed by atoms with Gasteiger partial charge in [0.1, 0.15) is 5.76 Å². The van der Waals surface area contributed by atoms with Crippen LogP contribution in [-0.4, -0.2) is 52.4 Å². The number of allylic oxidation sites excluding steroid dienone is 1. The van der Waals surface area contributed by atoms with Gasteiger partial charge in [0.25, 0.3) is 0 Å². The number of carboxylic acids is 1. The highest BCUT2D eigenvalue weighted by molar-refractivity contribution is 8.01. The number of hydrogen-bond donors (Lipinski definition) is 2. The van der Waals surface area contributed by atoms with Crippen LogP contribution < -0.4 is 5.32 Å². The lowest BCUT2D eigenvalue weighted by molar-refractivity contribution is -0.133. The first-order chi connectivity index (χ1) is 14.0. The highest BCUT2D eigenvalue weighted by Crippen LogP contribution is 2.32. The number of carboxylic acid groups (broad SMARTS) is 1. The summed E-state index contributed by atoms with van der Waals surface area (Å²) in [6.07, 6.45) is 10.6. The van der Waals surface area contributed by atoms with E-state index in [2.05, 4.69) is 10.3 Å². The van der Waals surface area contributed by atoms with E-state index in [0.29, 0.717) is 34.8 Å². The fourth-order valence-electron chi connectivity index (χ4n) is 3.56. The first-order valence-electron chi connectivity index (χ1n) is 9.46. The van der Waals surface area contributed by atoms with Crippen molar-refractivity contribution in [1.29, 1.82) is 0 Å². The average Bonchev–Trinajstić information content (AvgIpc) is 3.36. The number of anilines is 1. The third-order valence-corrected chi connectivity index (χ3v) is 7.37. The Bertz CT molecular complexity index is 805. The van der Waals surface area contributed by atoms with Gasteiger partial charge in [-0.3, -0.25) is 10.1 Å². The lowest BCUT2D eigenvalue weighted by Gasteiger charge is -2.33. The quantitative estimate of drug-likeness (QED) is 0.546. The van der Waals surface area contributed by atoms with Crippen LogP contribution in [0.5, 0.6) is 0 Å². The molecule has 7 nitrogen and oxygen atoms in total. The number of urea groups is 1. The summed E-state index contributed by atoms with van der Waals surface area (Å²) in [6, 6.07) is -0.371. The first-order valence-corrected chi connectivity index (χ1v) is 11.6. The van der Waals surface area contributed by atoms with E-state index in [1.165, 1.54) is 35.9 Å². The average molecular weight is 458 g/mol. The highest BCUT2D eigenvalue weighted by Gasteiger charge is 2.29. The number of aromatic nitrogens is 1. The van der Waals surface area contributed by atoms with Crippen LogP contribution in [0.15, 0.2) is 33.3 Å². The Morgan fingerprint density at radius 3 is 2.86 bits per heavy atom. The van der Waals surface area contributed by atoms with Crippen molar-refractivity contribution >= 4 is 51.8 Å². The van der Waals surface area contributed by atoms with Crippen molar-refractivity contribution in [1.82, 2.24) is 9.88 Å². The maximum absolute atomic E-state index is 13.1. The van der Waals surface area contributed by atoms with E-state index in [4.69, 9.17) is 21.4 Å². The SMILES string of the molecule is COC1=CCC(N(CC2CCCC2)C(=O)Nc2ncc(SCC(=O)O)s2)C=C1Cl. The monoisotopic (exact) mass is 457 g/mol. The molecule has 0 aliphatic heterocycles. The molecular formula is C19H24ClN3O4S2. The summed E-state index contributed by atoms with van der Waals surface area (Å²) in [5.74, 6) is 0.187. The van der Waals surface area contributed by atoms with Gasteiger partial charge in [0.2, 0.25) is 0 Å². The Hall–Kier alpha value is -1.71. The fourth-order valence-corrected chi connectivity index (χ4v) is 5.44. The first kappa shape index (κ1) is 22.0. The molecule has 1 aromatic rings. The van der Waals surface area contributed by atoms with Crippen LogP contribution in [0.25, 0.3) is 0 Å². The van der Waals surface area contributed by atoms with Crippen LogP contribution in [0.2, 0.25) is 0 Å².